The average molecular weight is 597 g/mol. The van der Waals surface area contributed by atoms with Gasteiger partial charge >= 0.3 is 0 Å². The van der Waals surface area contributed by atoms with Crippen LogP contribution in [0.3, 0.4) is 0 Å². The number of hydrogen-bond donors (Lipinski definition) is 9. The SMILES string of the molecule is CC(C)C1(O)c2cc(C#CC3OC(CO)C(O)C(O)C3O)ccc2-c2ccc(C#CC3OC(CO)C(O)C(O)C3O)cc21. The molecule has 2 heterocycles. The van der Waals surface area contributed by atoms with Gasteiger partial charge < -0.3 is 55.4 Å². The van der Waals surface area contributed by atoms with E-state index in [1.165, 1.54) is 0 Å². The predicted octanol–water partition coefficient (Wildman–Crippen LogP) is -2.05. The van der Waals surface area contributed by atoms with Crippen LogP contribution in [-0.4, -0.2) is 120 Å². The maximum atomic E-state index is 12.1. The second-order valence-electron chi connectivity index (χ2n) is 11.5. The summed E-state index contributed by atoms with van der Waals surface area (Å²) < 4.78 is 11.0. The third-order valence-electron chi connectivity index (χ3n) is 8.49. The van der Waals surface area contributed by atoms with Crippen LogP contribution in [0.4, 0.5) is 0 Å². The molecule has 10 unspecified atom stereocenters. The van der Waals surface area contributed by atoms with Crippen LogP contribution in [0, 0.1) is 29.6 Å². The van der Waals surface area contributed by atoms with E-state index in [-0.39, 0.29) is 5.92 Å². The molecule has 0 saturated carbocycles. The molecule has 11 nitrogen and oxygen atoms in total. The molecular formula is C32H36O11. The van der Waals surface area contributed by atoms with Gasteiger partial charge in [-0.15, -0.1) is 0 Å². The number of benzene rings is 2. The summed E-state index contributed by atoms with van der Waals surface area (Å²) in [7, 11) is 0. The second-order valence-corrected chi connectivity index (χ2v) is 11.5. The number of rotatable bonds is 3. The van der Waals surface area contributed by atoms with Crippen LogP contribution in [0.1, 0.15) is 36.1 Å². The summed E-state index contributed by atoms with van der Waals surface area (Å²) in [4.78, 5) is 0. The molecule has 0 bridgehead atoms. The summed E-state index contributed by atoms with van der Waals surface area (Å²) in [6, 6.07) is 10.6. The molecule has 2 aromatic carbocycles. The summed E-state index contributed by atoms with van der Waals surface area (Å²) in [5.41, 5.74) is 2.38. The molecule has 1 aliphatic carbocycles. The predicted molar refractivity (Wildman–Crippen MR) is 151 cm³/mol. The molecule has 0 amide bonds. The van der Waals surface area contributed by atoms with Gasteiger partial charge in [0.1, 0.15) is 66.6 Å². The topological polar surface area (TPSA) is 201 Å². The van der Waals surface area contributed by atoms with E-state index in [0.29, 0.717) is 22.3 Å². The monoisotopic (exact) mass is 596 g/mol. The zero-order chi connectivity index (χ0) is 31.2. The Hall–Kier alpha value is -2.88. The molecule has 9 N–H and O–H groups in total. The zero-order valence-electron chi connectivity index (χ0n) is 23.6. The Morgan fingerprint density at radius 3 is 1.40 bits per heavy atom. The Morgan fingerprint density at radius 1 is 0.651 bits per heavy atom. The van der Waals surface area contributed by atoms with Crippen molar-refractivity contribution in [3.8, 4) is 34.8 Å². The Labute approximate surface area is 248 Å². The first-order chi connectivity index (χ1) is 20.4. The van der Waals surface area contributed by atoms with E-state index >= 15 is 0 Å². The van der Waals surface area contributed by atoms with Crippen molar-refractivity contribution in [2.75, 3.05) is 13.2 Å². The van der Waals surface area contributed by atoms with E-state index in [1.54, 1.807) is 24.3 Å². The summed E-state index contributed by atoms with van der Waals surface area (Å²) in [6.07, 6.45) is -13.5. The number of fused-ring (bicyclic) bond motifs is 3. The molecule has 5 rings (SSSR count). The molecular weight excluding hydrogens is 560 g/mol. The van der Waals surface area contributed by atoms with E-state index in [2.05, 4.69) is 23.7 Å². The van der Waals surface area contributed by atoms with Crippen LogP contribution < -0.4 is 0 Å². The Bertz CT molecular complexity index is 1360. The quantitative estimate of drug-likeness (QED) is 0.177. The minimum atomic E-state index is -1.54. The first kappa shape index (κ1) is 31.5. The fourth-order valence-electron chi connectivity index (χ4n) is 5.86. The number of ether oxygens (including phenoxy) is 2. The van der Waals surface area contributed by atoms with Crippen molar-refractivity contribution in [2.45, 2.75) is 80.5 Å². The molecule has 2 saturated heterocycles. The van der Waals surface area contributed by atoms with E-state index in [0.717, 1.165) is 11.1 Å². The lowest BCUT2D eigenvalue weighted by molar-refractivity contribution is -0.214. The van der Waals surface area contributed by atoms with Crippen molar-refractivity contribution in [3.63, 3.8) is 0 Å². The zero-order valence-corrected chi connectivity index (χ0v) is 23.6. The molecule has 230 valence electrons. The summed E-state index contributed by atoms with van der Waals surface area (Å²) >= 11 is 0. The van der Waals surface area contributed by atoms with Crippen LogP contribution in [0.15, 0.2) is 36.4 Å². The lowest BCUT2D eigenvalue weighted by atomic mass is 9.80. The van der Waals surface area contributed by atoms with E-state index in [1.807, 2.05) is 26.0 Å². The number of aliphatic hydroxyl groups is 9. The standard InChI is InChI=1S/C32H36O11/c1-15(2)32(41)20-11-16(5-9-22-26(35)30(39)28(37)24(13-33)42-22)3-7-18(20)19-8-4-17(12-21(19)32)6-10-23-27(36)31(40)29(38)25(14-34)43-23/h3-4,7-8,11-12,15,22-31,33-41H,13-14H2,1-2H3. The van der Waals surface area contributed by atoms with Gasteiger partial charge in [0.2, 0.25) is 0 Å². The molecule has 11 heteroatoms. The van der Waals surface area contributed by atoms with Crippen molar-refractivity contribution in [2.24, 2.45) is 5.92 Å². The maximum absolute atomic E-state index is 12.1. The molecule has 10 atom stereocenters. The highest BCUT2D eigenvalue weighted by molar-refractivity contribution is 5.81. The van der Waals surface area contributed by atoms with E-state index in [9.17, 15) is 46.0 Å². The lowest BCUT2D eigenvalue weighted by Gasteiger charge is -2.37. The van der Waals surface area contributed by atoms with Crippen LogP contribution in [0.2, 0.25) is 0 Å². The number of hydrogen-bond acceptors (Lipinski definition) is 11. The molecule has 0 aromatic heterocycles. The lowest BCUT2D eigenvalue weighted by Crippen LogP contribution is -2.58. The smallest absolute Gasteiger partial charge is 0.147 e. The summed E-state index contributed by atoms with van der Waals surface area (Å²) in [6.45, 7) is 2.63. The average Bonchev–Trinajstić information content (AvgIpc) is 3.26. The van der Waals surface area contributed by atoms with Crippen LogP contribution >= 0.6 is 0 Å². The first-order valence-electron chi connectivity index (χ1n) is 14.1. The van der Waals surface area contributed by atoms with Gasteiger partial charge in [-0.25, -0.2) is 0 Å². The van der Waals surface area contributed by atoms with Gasteiger partial charge in [0.15, 0.2) is 0 Å². The summed E-state index contributed by atoms with van der Waals surface area (Å²) in [5.74, 6) is 11.1. The first-order valence-corrected chi connectivity index (χ1v) is 14.1. The molecule has 2 aliphatic heterocycles. The van der Waals surface area contributed by atoms with E-state index < -0.39 is 79.9 Å². The van der Waals surface area contributed by atoms with Crippen molar-refractivity contribution < 1.29 is 55.4 Å². The van der Waals surface area contributed by atoms with Crippen LogP contribution in [-0.2, 0) is 15.1 Å². The van der Waals surface area contributed by atoms with Gasteiger partial charge in [-0.2, -0.15) is 0 Å². The molecule has 3 aliphatic rings. The minimum absolute atomic E-state index is 0.283. The normalized spacial score (nSPS) is 36.7. The number of aliphatic hydroxyl groups excluding tert-OH is 8. The van der Waals surface area contributed by atoms with Gasteiger partial charge in [-0.1, -0.05) is 49.7 Å². The second kappa shape index (κ2) is 12.3. The van der Waals surface area contributed by atoms with Crippen molar-refractivity contribution in [1.29, 1.82) is 0 Å². The van der Waals surface area contributed by atoms with Gasteiger partial charge in [0, 0.05) is 11.1 Å². The van der Waals surface area contributed by atoms with Gasteiger partial charge in [-0.05, 0) is 52.4 Å². The highest BCUT2D eigenvalue weighted by Gasteiger charge is 2.46. The minimum Gasteiger partial charge on any atom is -0.394 e. The third kappa shape index (κ3) is 5.49. The Morgan fingerprint density at radius 2 is 1.05 bits per heavy atom. The highest BCUT2D eigenvalue weighted by Crippen LogP contribution is 2.51. The van der Waals surface area contributed by atoms with Crippen LogP contribution in [0.5, 0.6) is 0 Å². The van der Waals surface area contributed by atoms with Crippen molar-refractivity contribution in [1.82, 2.24) is 0 Å². The Kier molecular flexibility index (Phi) is 8.99. The molecule has 2 aromatic rings. The molecule has 0 spiro atoms. The maximum Gasteiger partial charge on any atom is 0.147 e. The highest BCUT2D eigenvalue weighted by atomic mass is 16.5. The third-order valence-corrected chi connectivity index (χ3v) is 8.49. The Balaban J connectivity index is 1.45. The van der Waals surface area contributed by atoms with Gasteiger partial charge in [0.05, 0.1) is 13.2 Å². The largest absolute Gasteiger partial charge is 0.394 e. The van der Waals surface area contributed by atoms with E-state index in [4.69, 9.17) is 9.47 Å². The van der Waals surface area contributed by atoms with Crippen molar-refractivity contribution >= 4 is 0 Å². The summed E-state index contributed by atoms with van der Waals surface area (Å²) in [5, 5.41) is 91.7. The molecule has 2 fully saturated rings. The van der Waals surface area contributed by atoms with Gasteiger partial charge in [-0.3, -0.25) is 0 Å². The van der Waals surface area contributed by atoms with Gasteiger partial charge in [0.25, 0.3) is 0 Å². The molecule has 43 heavy (non-hydrogen) atoms. The molecule has 0 radical (unpaired) electrons. The fraction of sp³-hybridized carbons (Fsp3) is 0.500. The fourth-order valence-corrected chi connectivity index (χ4v) is 5.86. The van der Waals surface area contributed by atoms with Crippen LogP contribution in [0.25, 0.3) is 11.1 Å². The van der Waals surface area contributed by atoms with Crippen molar-refractivity contribution in [3.05, 3.63) is 58.7 Å².